The number of Topliss-reactive ketones (excluding diaryl/α,β-unsaturated/α-hetero) is 1. The van der Waals surface area contributed by atoms with Crippen molar-refractivity contribution in [3.05, 3.63) is 30.6 Å². The maximum absolute atomic E-state index is 11.9. The van der Waals surface area contributed by atoms with Crippen molar-refractivity contribution in [1.82, 2.24) is 9.55 Å². The van der Waals surface area contributed by atoms with Gasteiger partial charge in [0.2, 0.25) is 0 Å². The van der Waals surface area contributed by atoms with Crippen LogP contribution in [0.1, 0.15) is 12.5 Å². The summed E-state index contributed by atoms with van der Waals surface area (Å²) in [6.45, 7) is -0.453. The van der Waals surface area contributed by atoms with Gasteiger partial charge in [-0.05, 0) is 22.6 Å². The van der Waals surface area contributed by atoms with Crippen LogP contribution >= 0.6 is 22.6 Å². The molecule has 0 amide bonds. The third-order valence-corrected chi connectivity index (χ3v) is 3.85. The van der Waals surface area contributed by atoms with Gasteiger partial charge in [0.05, 0.1) is 28.2 Å². The van der Waals surface area contributed by atoms with Crippen LogP contribution in [0.15, 0.2) is 15.8 Å². The van der Waals surface area contributed by atoms with Crippen molar-refractivity contribution in [3.63, 3.8) is 0 Å². The molecule has 3 unspecified atom stereocenters. The van der Waals surface area contributed by atoms with Crippen LogP contribution in [-0.2, 0) is 4.79 Å². The van der Waals surface area contributed by atoms with Gasteiger partial charge in [0.1, 0.15) is 0 Å². The Morgan fingerprint density at radius 2 is 2.11 bits per heavy atom. The maximum atomic E-state index is 11.9. The van der Waals surface area contributed by atoms with Crippen LogP contribution in [0.25, 0.3) is 0 Å². The summed E-state index contributed by atoms with van der Waals surface area (Å²) in [6, 6.07) is -0.838. The van der Waals surface area contributed by atoms with E-state index in [0.717, 1.165) is 4.57 Å². The topological polar surface area (TPSA) is 112 Å². The van der Waals surface area contributed by atoms with E-state index in [1.807, 2.05) is 0 Å². The number of aromatic amines is 1. The second-order valence-corrected chi connectivity index (χ2v) is 5.32. The molecule has 0 radical (unpaired) electrons. The molecule has 1 aliphatic rings. The van der Waals surface area contributed by atoms with Gasteiger partial charge in [0.15, 0.2) is 5.78 Å². The number of ketones is 1. The summed E-state index contributed by atoms with van der Waals surface area (Å²) in [5.41, 5.74) is -1.20. The fourth-order valence-electron chi connectivity index (χ4n) is 2.10. The first-order chi connectivity index (χ1) is 8.45. The predicted octanol–water partition coefficient (Wildman–Crippen LogP) is -1.38. The molecule has 18 heavy (non-hydrogen) atoms. The number of rotatable bonds is 2. The fourth-order valence-corrected chi connectivity index (χ4v) is 2.54. The van der Waals surface area contributed by atoms with Crippen LogP contribution in [0.3, 0.4) is 0 Å². The molecule has 1 aromatic rings. The Morgan fingerprint density at radius 1 is 1.44 bits per heavy atom. The van der Waals surface area contributed by atoms with Crippen molar-refractivity contribution >= 4 is 28.4 Å². The van der Waals surface area contributed by atoms with E-state index in [4.69, 9.17) is 5.11 Å². The van der Waals surface area contributed by atoms with E-state index in [0.29, 0.717) is 0 Å². The number of aliphatic hydroxyl groups excluding tert-OH is 2. The molecule has 0 saturated heterocycles. The minimum atomic E-state index is -0.969. The zero-order valence-corrected chi connectivity index (χ0v) is 11.3. The van der Waals surface area contributed by atoms with Gasteiger partial charge in [-0.25, -0.2) is 4.79 Å². The quantitative estimate of drug-likeness (QED) is 0.559. The van der Waals surface area contributed by atoms with E-state index >= 15 is 0 Å². The molecule has 1 saturated carbocycles. The molecule has 3 N–H and O–H groups in total. The molecule has 2 rings (SSSR count). The standard InChI is InChI=1S/C10H11IN2O5/c11-5-2-13(10(18)12-9(5)17)6-1-7(15)4(3-14)8(6)16/h2,4,6-7,14-15H,1,3H2,(H,12,17,18). The van der Waals surface area contributed by atoms with Crippen molar-refractivity contribution in [3.8, 4) is 0 Å². The van der Waals surface area contributed by atoms with Gasteiger partial charge >= 0.3 is 5.69 Å². The molecule has 1 aromatic heterocycles. The zero-order chi connectivity index (χ0) is 13.4. The molecule has 98 valence electrons. The van der Waals surface area contributed by atoms with Gasteiger partial charge in [-0.3, -0.25) is 19.1 Å². The lowest BCUT2D eigenvalue weighted by Crippen LogP contribution is -2.35. The summed E-state index contributed by atoms with van der Waals surface area (Å²) >= 11 is 1.75. The summed E-state index contributed by atoms with van der Waals surface area (Å²) < 4.78 is 1.38. The van der Waals surface area contributed by atoms with Gasteiger partial charge in [-0.15, -0.1) is 0 Å². The van der Waals surface area contributed by atoms with Gasteiger partial charge in [0, 0.05) is 12.6 Å². The number of aromatic nitrogens is 2. The molecule has 0 spiro atoms. The minimum Gasteiger partial charge on any atom is -0.396 e. The van der Waals surface area contributed by atoms with E-state index in [2.05, 4.69) is 4.98 Å². The third-order valence-electron chi connectivity index (χ3n) is 3.08. The second kappa shape index (κ2) is 4.94. The Bertz CT molecular complexity index is 593. The van der Waals surface area contributed by atoms with Gasteiger partial charge in [-0.1, -0.05) is 0 Å². The number of hydrogen-bond donors (Lipinski definition) is 3. The van der Waals surface area contributed by atoms with Crippen LogP contribution in [0.2, 0.25) is 0 Å². The molecular weight excluding hydrogens is 355 g/mol. The van der Waals surface area contributed by atoms with Crippen LogP contribution in [0, 0.1) is 9.49 Å². The summed E-state index contributed by atoms with van der Waals surface area (Å²) in [4.78, 5) is 36.9. The SMILES string of the molecule is O=C1C(CO)C(O)CC1n1cc(I)c(=O)[nH]c1=O. The monoisotopic (exact) mass is 366 g/mol. The van der Waals surface area contributed by atoms with E-state index in [9.17, 15) is 19.5 Å². The third kappa shape index (κ3) is 2.15. The average Bonchev–Trinajstić information content (AvgIpc) is 2.59. The van der Waals surface area contributed by atoms with Crippen molar-refractivity contribution in [1.29, 1.82) is 0 Å². The van der Waals surface area contributed by atoms with Crippen molar-refractivity contribution in [2.45, 2.75) is 18.6 Å². The van der Waals surface area contributed by atoms with Crippen LogP contribution in [0.4, 0.5) is 0 Å². The highest BCUT2D eigenvalue weighted by Crippen LogP contribution is 2.30. The largest absolute Gasteiger partial charge is 0.396 e. The number of H-pyrrole nitrogens is 1. The first-order valence-corrected chi connectivity index (χ1v) is 6.37. The number of nitrogens with zero attached hydrogens (tertiary/aromatic N) is 1. The smallest absolute Gasteiger partial charge is 0.329 e. The van der Waals surface area contributed by atoms with E-state index in [-0.39, 0.29) is 9.99 Å². The number of aliphatic hydroxyl groups is 2. The normalized spacial score (nSPS) is 27.7. The Hall–Kier alpha value is -1.00. The summed E-state index contributed by atoms with van der Waals surface area (Å²) in [5, 5.41) is 18.6. The lowest BCUT2D eigenvalue weighted by Gasteiger charge is -2.12. The lowest BCUT2D eigenvalue weighted by molar-refractivity contribution is -0.125. The molecule has 3 atom stereocenters. The number of halogens is 1. The van der Waals surface area contributed by atoms with Crippen LogP contribution < -0.4 is 11.2 Å². The van der Waals surface area contributed by atoms with Crippen LogP contribution in [0.5, 0.6) is 0 Å². The summed E-state index contributed by atoms with van der Waals surface area (Å²) in [5.74, 6) is -1.26. The van der Waals surface area contributed by atoms with E-state index in [1.54, 1.807) is 22.6 Å². The summed E-state index contributed by atoms with van der Waals surface area (Å²) in [6.07, 6.45) is 0.382. The maximum Gasteiger partial charge on any atom is 0.329 e. The first kappa shape index (κ1) is 13.4. The molecule has 1 heterocycles. The van der Waals surface area contributed by atoms with Crippen molar-refractivity contribution in [2.75, 3.05) is 6.61 Å². The summed E-state index contributed by atoms with van der Waals surface area (Å²) in [7, 11) is 0. The van der Waals surface area contributed by atoms with Gasteiger partial charge in [-0.2, -0.15) is 0 Å². The van der Waals surface area contributed by atoms with Gasteiger partial charge in [0.25, 0.3) is 5.56 Å². The Kier molecular flexibility index (Phi) is 3.69. The molecule has 0 bridgehead atoms. The van der Waals surface area contributed by atoms with Gasteiger partial charge < -0.3 is 10.2 Å². The van der Waals surface area contributed by atoms with Crippen LogP contribution in [-0.4, -0.2) is 38.3 Å². The Morgan fingerprint density at radius 3 is 2.67 bits per heavy atom. The predicted molar refractivity (Wildman–Crippen MR) is 69.3 cm³/mol. The van der Waals surface area contributed by atoms with Crippen molar-refractivity contribution < 1.29 is 15.0 Å². The fraction of sp³-hybridized carbons (Fsp3) is 0.500. The number of nitrogens with one attached hydrogen (secondary N) is 1. The Balaban J connectivity index is 2.45. The molecule has 8 heteroatoms. The highest BCUT2D eigenvalue weighted by molar-refractivity contribution is 14.1. The van der Waals surface area contributed by atoms with E-state index in [1.165, 1.54) is 6.20 Å². The zero-order valence-electron chi connectivity index (χ0n) is 9.17. The second-order valence-electron chi connectivity index (χ2n) is 4.15. The molecule has 1 aliphatic carbocycles. The average molecular weight is 366 g/mol. The highest BCUT2D eigenvalue weighted by Gasteiger charge is 2.42. The number of carbonyl (C=O) groups excluding carboxylic acids is 1. The first-order valence-electron chi connectivity index (χ1n) is 5.29. The van der Waals surface area contributed by atoms with E-state index < -0.39 is 41.7 Å². The van der Waals surface area contributed by atoms with Crippen molar-refractivity contribution in [2.24, 2.45) is 5.92 Å². The number of carbonyl (C=O) groups is 1. The molecular formula is C10H11IN2O5. The molecule has 0 aromatic carbocycles. The highest BCUT2D eigenvalue weighted by atomic mass is 127. The lowest BCUT2D eigenvalue weighted by atomic mass is 10.1. The molecule has 0 aliphatic heterocycles. The molecule has 1 fully saturated rings. The minimum absolute atomic E-state index is 0.0616. The number of hydrogen-bond acceptors (Lipinski definition) is 5. The Labute approximate surface area is 115 Å². The molecule has 7 nitrogen and oxygen atoms in total.